The monoisotopic (exact) mass is 439 g/mol. The second-order valence-electron chi connectivity index (χ2n) is 8.47. The van der Waals surface area contributed by atoms with Crippen LogP contribution >= 0.6 is 0 Å². The minimum atomic E-state index is 0.379. The Morgan fingerprint density at radius 3 is 2.15 bits per heavy atom. The summed E-state index contributed by atoms with van der Waals surface area (Å²) in [5.41, 5.74) is 2.41. The Bertz CT molecular complexity index is 1120. The first-order chi connectivity index (χ1) is 16.4. The molecule has 1 fully saturated rings. The Hall–Kier alpha value is -3.51. The van der Waals surface area contributed by atoms with E-state index in [2.05, 4.69) is 67.1 Å². The number of anilines is 1. The predicted molar refractivity (Wildman–Crippen MR) is 129 cm³/mol. The van der Waals surface area contributed by atoms with Gasteiger partial charge in [-0.2, -0.15) is 0 Å². The molecule has 2 aromatic carbocycles. The van der Waals surface area contributed by atoms with Crippen LogP contribution in [0.15, 0.2) is 85.1 Å². The lowest BCUT2D eigenvalue weighted by atomic mass is 9.95. The molecule has 0 bridgehead atoms. The van der Waals surface area contributed by atoms with Crippen LogP contribution in [0.5, 0.6) is 0 Å². The first-order valence-corrected chi connectivity index (χ1v) is 11.6. The van der Waals surface area contributed by atoms with Gasteiger partial charge < -0.3 is 14.2 Å². The number of rotatable bonds is 8. The average molecular weight is 440 g/mol. The minimum Gasteiger partial charge on any atom is -0.369 e. The number of piperidine rings is 1. The molecule has 1 aliphatic rings. The van der Waals surface area contributed by atoms with E-state index in [1.807, 2.05) is 42.6 Å². The van der Waals surface area contributed by atoms with Crippen LogP contribution in [-0.4, -0.2) is 32.8 Å². The van der Waals surface area contributed by atoms with Crippen molar-refractivity contribution in [2.75, 3.05) is 18.0 Å². The van der Waals surface area contributed by atoms with Gasteiger partial charge in [0.1, 0.15) is 18.2 Å². The largest absolute Gasteiger partial charge is 0.369 e. The normalized spacial score (nSPS) is 14.5. The van der Waals surface area contributed by atoms with E-state index in [-0.39, 0.29) is 0 Å². The standard InChI is InChI=1S/C27H29N5O/c1-3-9-22(10-4-1)19-32-26(21-33-20-23-11-5-2-6-12-23)29-30-27(32)24-14-17-31(18-15-24)25-13-7-8-16-28-25/h1-13,16,24H,14-15,17-21H2. The number of ether oxygens (including phenoxy) is 1. The zero-order chi connectivity index (χ0) is 22.3. The number of hydrogen-bond acceptors (Lipinski definition) is 5. The molecule has 5 rings (SSSR count). The van der Waals surface area contributed by atoms with Crippen molar-refractivity contribution >= 4 is 5.82 Å². The fourth-order valence-corrected chi connectivity index (χ4v) is 4.44. The Morgan fingerprint density at radius 1 is 0.758 bits per heavy atom. The molecule has 0 N–H and O–H groups in total. The highest BCUT2D eigenvalue weighted by Gasteiger charge is 2.27. The van der Waals surface area contributed by atoms with Gasteiger partial charge in [-0.05, 0) is 36.1 Å². The molecule has 6 nitrogen and oxygen atoms in total. The second-order valence-corrected chi connectivity index (χ2v) is 8.47. The van der Waals surface area contributed by atoms with Gasteiger partial charge in [0.25, 0.3) is 0 Å². The number of benzene rings is 2. The Balaban J connectivity index is 1.31. The second kappa shape index (κ2) is 10.4. The molecule has 0 unspecified atom stereocenters. The lowest BCUT2D eigenvalue weighted by Crippen LogP contribution is -2.34. The van der Waals surface area contributed by atoms with Gasteiger partial charge in [-0.15, -0.1) is 10.2 Å². The van der Waals surface area contributed by atoms with Gasteiger partial charge in [-0.25, -0.2) is 4.98 Å². The van der Waals surface area contributed by atoms with E-state index in [9.17, 15) is 0 Å². The third-order valence-corrected chi connectivity index (χ3v) is 6.22. The summed E-state index contributed by atoms with van der Waals surface area (Å²) in [6.07, 6.45) is 3.93. The van der Waals surface area contributed by atoms with Gasteiger partial charge in [0.15, 0.2) is 5.82 Å². The highest BCUT2D eigenvalue weighted by atomic mass is 16.5. The van der Waals surface area contributed by atoms with Gasteiger partial charge >= 0.3 is 0 Å². The van der Waals surface area contributed by atoms with Gasteiger partial charge in [0.05, 0.1) is 13.2 Å². The van der Waals surface area contributed by atoms with Crippen molar-refractivity contribution in [2.24, 2.45) is 0 Å². The van der Waals surface area contributed by atoms with Crippen LogP contribution in [0.25, 0.3) is 0 Å². The summed E-state index contributed by atoms with van der Waals surface area (Å²) in [4.78, 5) is 6.87. The maximum atomic E-state index is 6.02. The smallest absolute Gasteiger partial charge is 0.159 e. The van der Waals surface area contributed by atoms with Crippen LogP contribution in [0.1, 0.15) is 41.5 Å². The van der Waals surface area contributed by atoms with E-state index < -0.39 is 0 Å². The maximum Gasteiger partial charge on any atom is 0.159 e. The first-order valence-electron chi connectivity index (χ1n) is 11.6. The molecule has 2 aromatic heterocycles. The topological polar surface area (TPSA) is 56.1 Å². The van der Waals surface area contributed by atoms with Crippen molar-refractivity contribution in [1.82, 2.24) is 19.7 Å². The quantitative estimate of drug-likeness (QED) is 0.394. The van der Waals surface area contributed by atoms with Crippen LogP contribution in [0.4, 0.5) is 5.82 Å². The average Bonchev–Trinajstić information content (AvgIpc) is 3.28. The van der Waals surface area contributed by atoms with Crippen molar-refractivity contribution < 1.29 is 4.74 Å². The summed E-state index contributed by atoms with van der Waals surface area (Å²) in [7, 11) is 0. The molecule has 3 heterocycles. The Kier molecular flexibility index (Phi) is 6.73. The Labute approximate surface area is 194 Å². The summed E-state index contributed by atoms with van der Waals surface area (Å²) < 4.78 is 8.29. The molecular formula is C27H29N5O. The summed E-state index contributed by atoms with van der Waals surface area (Å²) in [5.74, 6) is 3.38. The van der Waals surface area contributed by atoms with E-state index in [0.29, 0.717) is 19.1 Å². The fraction of sp³-hybridized carbons (Fsp3) is 0.296. The van der Waals surface area contributed by atoms with Crippen LogP contribution < -0.4 is 4.90 Å². The summed E-state index contributed by atoms with van der Waals surface area (Å²) in [5, 5.41) is 9.22. The van der Waals surface area contributed by atoms with Crippen LogP contribution in [0.2, 0.25) is 0 Å². The molecule has 0 saturated carbocycles. The lowest BCUT2D eigenvalue weighted by Gasteiger charge is -2.32. The zero-order valence-electron chi connectivity index (χ0n) is 18.8. The van der Waals surface area contributed by atoms with E-state index in [1.165, 1.54) is 5.56 Å². The van der Waals surface area contributed by atoms with E-state index >= 15 is 0 Å². The fourth-order valence-electron chi connectivity index (χ4n) is 4.44. The molecular weight excluding hydrogens is 410 g/mol. The van der Waals surface area contributed by atoms with E-state index in [4.69, 9.17) is 4.74 Å². The SMILES string of the molecule is c1ccc(COCc2nnc(C3CCN(c4ccccn4)CC3)n2Cc2ccccc2)cc1. The van der Waals surface area contributed by atoms with Crippen LogP contribution in [0, 0.1) is 0 Å². The van der Waals surface area contributed by atoms with Crippen molar-refractivity contribution in [1.29, 1.82) is 0 Å². The van der Waals surface area contributed by atoms with Crippen molar-refractivity contribution in [3.63, 3.8) is 0 Å². The molecule has 0 amide bonds. The predicted octanol–water partition coefficient (Wildman–Crippen LogP) is 4.82. The molecule has 1 saturated heterocycles. The third kappa shape index (κ3) is 5.29. The van der Waals surface area contributed by atoms with Crippen molar-refractivity contribution in [3.05, 3.63) is 108 Å². The molecule has 4 aromatic rings. The van der Waals surface area contributed by atoms with Gasteiger partial charge in [0, 0.05) is 25.2 Å². The highest BCUT2D eigenvalue weighted by Crippen LogP contribution is 2.30. The third-order valence-electron chi connectivity index (χ3n) is 6.22. The molecule has 6 heteroatoms. The highest BCUT2D eigenvalue weighted by molar-refractivity contribution is 5.38. The molecule has 33 heavy (non-hydrogen) atoms. The van der Waals surface area contributed by atoms with Gasteiger partial charge in [0.2, 0.25) is 0 Å². The van der Waals surface area contributed by atoms with E-state index in [0.717, 1.165) is 55.5 Å². The first kappa shape index (κ1) is 21.3. The molecule has 0 radical (unpaired) electrons. The summed E-state index contributed by atoms with van der Waals surface area (Å²) in [6.45, 7) is 3.71. The Morgan fingerprint density at radius 2 is 1.45 bits per heavy atom. The lowest BCUT2D eigenvalue weighted by molar-refractivity contribution is 0.0991. The van der Waals surface area contributed by atoms with Gasteiger partial charge in [-0.3, -0.25) is 0 Å². The number of hydrogen-bond donors (Lipinski definition) is 0. The van der Waals surface area contributed by atoms with Gasteiger partial charge in [-0.1, -0.05) is 66.7 Å². The van der Waals surface area contributed by atoms with Crippen LogP contribution in [-0.2, 0) is 24.5 Å². The van der Waals surface area contributed by atoms with Crippen LogP contribution in [0.3, 0.4) is 0 Å². The molecule has 0 aliphatic carbocycles. The molecule has 0 spiro atoms. The molecule has 0 atom stereocenters. The molecule has 1 aliphatic heterocycles. The zero-order valence-corrected chi connectivity index (χ0v) is 18.8. The summed E-state index contributed by atoms with van der Waals surface area (Å²) in [6, 6.07) is 26.9. The number of pyridine rings is 1. The maximum absolute atomic E-state index is 6.02. The number of nitrogens with zero attached hydrogens (tertiary/aromatic N) is 5. The van der Waals surface area contributed by atoms with Crippen molar-refractivity contribution in [2.45, 2.75) is 38.5 Å². The summed E-state index contributed by atoms with van der Waals surface area (Å²) >= 11 is 0. The van der Waals surface area contributed by atoms with Crippen molar-refractivity contribution in [3.8, 4) is 0 Å². The molecule has 168 valence electrons. The van der Waals surface area contributed by atoms with E-state index in [1.54, 1.807) is 0 Å². The number of aromatic nitrogens is 4. The minimum absolute atomic E-state index is 0.379.